The maximum absolute atomic E-state index is 14.0. The van der Waals surface area contributed by atoms with Crippen LogP contribution in [0.25, 0.3) is 0 Å². The number of amides is 1. The predicted octanol–water partition coefficient (Wildman–Crippen LogP) is 3.06. The van der Waals surface area contributed by atoms with Gasteiger partial charge in [0.25, 0.3) is 5.91 Å². The third kappa shape index (κ3) is 4.73. The Hall–Kier alpha value is -2.54. The lowest BCUT2D eigenvalue weighted by Crippen LogP contribution is -2.28. The van der Waals surface area contributed by atoms with Crippen LogP contribution in [-0.2, 0) is 11.3 Å². The van der Waals surface area contributed by atoms with Crippen molar-refractivity contribution in [2.24, 2.45) is 0 Å². The highest BCUT2D eigenvalue weighted by molar-refractivity contribution is 5.94. The second-order valence-corrected chi connectivity index (χ2v) is 4.93. The number of carbonyl (C=O) groups excluding carboxylic acids is 1. The van der Waals surface area contributed by atoms with E-state index in [1.54, 1.807) is 0 Å². The van der Waals surface area contributed by atoms with Crippen molar-refractivity contribution in [1.82, 2.24) is 5.32 Å². The van der Waals surface area contributed by atoms with Crippen molar-refractivity contribution in [2.45, 2.75) is 6.61 Å². The molecule has 0 saturated carbocycles. The van der Waals surface area contributed by atoms with Gasteiger partial charge in [-0.3, -0.25) is 4.79 Å². The van der Waals surface area contributed by atoms with Gasteiger partial charge in [0.15, 0.2) is 0 Å². The van der Waals surface area contributed by atoms with E-state index in [1.807, 2.05) is 0 Å². The molecule has 2 aromatic rings. The van der Waals surface area contributed by atoms with E-state index in [1.165, 1.54) is 31.4 Å². The summed E-state index contributed by atoms with van der Waals surface area (Å²) in [5, 5.41) is 2.34. The summed E-state index contributed by atoms with van der Waals surface area (Å²) in [6, 6.07) is 7.37. The van der Waals surface area contributed by atoms with Crippen LogP contribution in [0.1, 0.15) is 15.9 Å². The van der Waals surface area contributed by atoms with Gasteiger partial charge in [0.1, 0.15) is 35.4 Å². The maximum Gasteiger partial charge on any atom is 0.257 e. The molecule has 0 spiro atoms. The molecule has 2 aromatic carbocycles. The average molecular weight is 339 g/mol. The summed E-state index contributed by atoms with van der Waals surface area (Å²) >= 11 is 0. The molecule has 4 nitrogen and oxygen atoms in total. The van der Waals surface area contributed by atoms with E-state index in [-0.39, 0.29) is 31.3 Å². The molecule has 0 saturated heterocycles. The minimum absolute atomic E-state index is 0.0124. The molecule has 0 bridgehead atoms. The summed E-state index contributed by atoms with van der Waals surface area (Å²) < 4.78 is 50.8. The van der Waals surface area contributed by atoms with Gasteiger partial charge in [-0.1, -0.05) is 12.1 Å². The molecule has 1 amide bonds. The summed E-state index contributed by atoms with van der Waals surface area (Å²) in [6.45, 7) is 0.378. The topological polar surface area (TPSA) is 47.6 Å². The van der Waals surface area contributed by atoms with Crippen LogP contribution in [0.3, 0.4) is 0 Å². The minimum Gasteiger partial charge on any atom is -0.489 e. The first-order chi connectivity index (χ1) is 11.5. The van der Waals surface area contributed by atoms with E-state index in [0.717, 1.165) is 12.1 Å². The Morgan fingerprint density at radius 2 is 1.71 bits per heavy atom. The van der Waals surface area contributed by atoms with Gasteiger partial charge in [0.05, 0.1) is 6.61 Å². The Kier molecular flexibility index (Phi) is 6.20. The summed E-state index contributed by atoms with van der Waals surface area (Å²) in [5.74, 6) is -3.38. The zero-order chi connectivity index (χ0) is 17.5. The van der Waals surface area contributed by atoms with Crippen molar-refractivity contribution in [3.63, 3.8) is 0 Å². The van der Waals surface area contributed by atoms with Crippen LogP contribution < -0.4 is 10.1 Å². The zero-order valence-electron chi connectivity index (χ0n) is 12.9. The Bertz CT molecular complexity index is 682. The molecule has 2 rings (SSSR count). The van der Waals surface area contributed by atoms with Gasteiger partial charge in [-0.2, -0.15) is 0 Å². The molecule has 0 aromatic heterocycles. The van der Waals surface area contributed by atoms with Crippen LogP contribution in [0, 0.1) is 17.5 Å². The average Bonchev–Trinajstić information content (AvgIpc) is 2.54. The van der Waals surface area contributed by atoms with Crippen molar-refractivity contribution in [3.8, 4) is 5.75 Å². The molecule has 128 valence electrons. The third-order valence-corrected chi connectivity index (χ3v) is 3.15. The Labute approximate surface area is 137 Å². The normalized spacial score (nSPS) is 10.5. The fourth-order valence-electron chi connectivity index (χ4n) is 1.95. The number of carbonyl (C=O) groups is 1. The van der Waals surface area contributed by atoms with Crippen LogP contribution in [0.5, 0.6) is 5.75 Å². The highest BCUT2D eigenvalue weighted by Crippen LogP contribution is 2.21. The Morgan fingerprint density at radius 3 is 2.29 bits per heavy atom. The number of halogens is 3. The van der Waals surface area contributed by atoms with Gasteiger partial charge in [0.2, 0.25) is 0 Å². The number of nitrogens with one attached hydrogen (secondary N) is 1. The van der Waals surface area contributed by atoms with E-state index in [0.29, 0.717) is 5.56 Å². The first-order valence-electron chi connectivity index (χ1n) is 7.14. The smallest absolute Gasteiger partial charge is 0.257 e. The van der Waals surface area contributed by atoms with Crippen LogP contribution >= 0.6 is 0 Å². The number of rotatable bonds is 7. The molecule has 24 heavy (non-hydrogen) atoms. The SMILES string of the molecule is COCCNC(=O)c1c(F)cc(OCc2ccc(F)cc2)cc1F. The highest BCUT2D eigenvalue weighted by atomic mass is 19.1. The Morgan fingerprint density at radius 1 is 1.08 bits per heavy atom. The van der Waals surface area contributed by atoms with Crippen LogP contribution in [-0.4, -0.2) is 26.2 Å². The Balaban J connectivity index is 2.05. The molecule has 0 atom stereocenters. The van der Waals surface area contributed by atoms with Gasteiger partial charge in [-0.25, -0.2) is 13.2 Å². The van der Waals surface area contributed by atoms with Gasteiger partial charge < -0.3 is 14.8 Å². The van der Waals surface area contributed by atoms with E-state index in [2.05, 4.69) is 5.32 Å². The fourth-order valence-corrected chi connectivity index (χ4v) is 1.95. The van der Waals surface area contributed by atoms with Gasteiger partial charge in [-0.05, 0) is 17.7 Å². The van der Waals surface area contributed by atoms with Gasteiger partial charge >= 0.3 is 0 Å². The highest BCUT2D eigenvalue weighted by Gasteiger charge is 2.19. The number of hydrogen-bond acceptors (Lipinski definition) is 3. The van der Waals surface area contributed by atoms with Crippen molar-refractivity contribution in [3.05, 3.63) is 65.0 Å². The second kappa shape index (κ2) is 8.35. The molecule has 1 N–H and O–H groups in total. The monoisotopic (exact) mass is 339 g/mol. The molecular formula is C17H16F3NO3. The van der Waals surface area contributed by atoms with Crippen molar-refractivity contribution < 1.29 is 27.4 Å². The van der Waals surface area contributed by atoms with Crippen molar-refractivity contribution in [2.75, 3.05) is 20.3 Å². The molecule has 0 unspecified atom stereocenters. The number of methoxy groups -OCH3 is 1. The molecule has 0 aliphatic rings. The molecular weight excluding hydrogens is 323 g/mol. The summed E-state index contributed by atoms with van der Waals surface area (Å²) in [7, 11) is 1.45. The van der Waals surface area contributed by atoms with Crippen molar-refractivity contribution in [1.29, 1.82) is 0 Å². The maximum atomic E-state index is 14.0. The quantitative estimate of drug-likeness (QED) is 0.789. The van der Waals surface area contributed by atoms with E-state index < -0.39 is 23.1 Å². The second-order valence-electron chi connectivity index (χ2n) is 4.93. The zero-order valence-corrected chi connectivity index (χ0v) is 12.9. The summed E-state index contributed by atoms with van der Waals surface area (Å²) in [4.78, 5) is 11.8. The van der Waals surface area contributed by atoms with E-state index >= 15 is 0 Å². The standard InChI is InChI=1S/C17H16F3NO3/c1-23-7-6-21-17(22)16-14(19)8-13(9-15(16)20)24-10-11-2-4-12(18)5-3-11/h2-5,8-9H,6-7,10H2,1H3,(H,21,22). The van der Waals surface area contributed by atoms with Crippen LogP contribution in [0.4, 0.5) is 13.2 Å². The van der Waals surface area contributed by atoms with E-state index in [4.69, 9.17) is 9.47 Å². The lowest BCUT2D eigenvalue weighted by molar-refractivity contribution is 0.0928. The summed E-state index contributed by atoms with van der Waals surface area (Å²) in [6.07, 6.45) is 0. The summed E-state index contributed by atoms with van der Waals surface area (Å²) in [5.41, 5.74) is -0.0427. The first kappa shape index (κ1) is 17.8. The molecule has 0 fully saturated rings. The number of hydrogen-bond donors (Lipinski definition) is 1. The van der Waals surface area contributed by atoms with Gasteiger partial charge in [-0.15, -0.1) is 0 Å². The predicted molar refractivity (Wildman–Crippen MR) is 81.3 cm³/mol. The van der Waals surface area contributed by atoms with Crippen molar-refractivity contribution >= 4 is 5.91 Å². The molecule has 0 heterocycles. The molecule has 0 aliphatic heterocycles. The number of benzene rings is 2. The minimum atomic E-state index is -1.03. The number of ether oxygens (including phenoxy) is 2. The lowest BCUT2D eigenvalue weighted by Gasteiger charge is -2.10. The fraction of sp³-hybridized carbons (Fsp3) is 0.235. The molecule has 0 radical (unpaired) electrons. The molecule has 0 aliphatic carbocycles. The van der Waals surface area contributed by atoms with Gasteiger partial charge in [0, 0.05) is 25.8 Å². The lowest BCUT2D eigenvalue weighted by atomic mass is 10.1. The third-order valence-electron chi connectivity index (χ3n) is 3.15. The molecule has 7 heteroatoms. The first-order valence-corrected chi connectivity index (χ1v) is 7.14. The largest absolute Gasteiger partial charge is 0.489 e. The van der Waals surface area contributed by atoms with E-state index in [9.17, 15) is 18.0 Å². The van der Waals surface area contributed by atoms with Crippen LogP contribution in [0.15, 0.2) is 36.4 Å². The van der Waals surface area contributed by atoms with Crippen LogP contribution in [0.2, 0.25) is 0 Å².